The van der Waals surface area contributed by atoms with Crippen LogP contribution in [0.1, 0.15) is 37.6 Å². The standard InChI is InChI=1S/C26H28ClF3N2O2/c1-17-21(19-11-13-20(27)14-12-19)23(34-24(33)31(5)16-25(2,3)4)32(22(17)26(28,29)30)15-18-9-7-6-8-10-18/h6-14H,15-16H2,1-5H3. The number of nitrogens with zero attached hydrogens (tertiary/aromatic N) is 2. The highest BCUT2D eigenvalue weighted by Gasteiger charge is 2.41. The van der Waals surface area contributed by atoms with Gasteiger partial charge in [0.25, 0.3) is 0 Å². The van der Waals surface area contributed by atoms with Gasteiger partial charge in [-0.2, -0.15) is 13.2 Å². The van der Waals surface area contributed by atoms with Crippen LogP contribution in [0.5, 0.6) is 5.88 Å². The normalized spacial score (nSPS) is 12.0. The molecule has 0 fully saturated rings. The molecule has 4 nitrogen and oxygen atoms in total. The van der Waals surface area contributed by atoms with Crippen molar-refractivity contribution >= 4 is 17.7 Å². The zero-order valence-corrected chi connectivity index (χ0v) is 20.6. The number of alkyl halides is 3. The van der Waals surface area contributed by atoms with E-state index in [-0.39, 0.29) is 29.0 Å². The van der Waals surface area contributed by atoms with Crippen LogP contribution in [0.25, 0.3) is 11.1 Å². The summed E-state index contributed by atoms with van der Waals surface area (Å²) in [6, 6.07) is 15.2. The molecule has 3 aromatic rings. The van der Waals surface area contributed by atoms with Crippen molar-refractivity contribution in [1.82, 2.24) is 9.47 Å². The first-order chi connectivity index (χ1) is 15.8. The maximum atomic E-state index is 14.3. The van der Waals surface area contributed by atoms with Gasteiger partial charge in [0.05, 0.1) is 6.54 Å². The Hall–Kier alpha value is -2.93. The van der Waals surface area contributed by atoms with Crippen molar-refractivity contribution in [1.29, 1.82) is 0 Å². The minimum atomic E-state index is -4.66. The van der Waals surface area contributed by atoms with Gasteiger partial charge in [-0.15, -0.1) is 0 Å². The molecule has 0 unspecified atom stereocenters. The third-order valence-electron chi connectivity index (χ3n) is 5.25. The third-order valence-corrected chi connectivity index (χ3v) is 5.50. The fourth-order valence-electron chi connectivity index (χ4n) is 4.00. The van der Waals surface area contributed by atoms with Gasteiger partial charge in [0.15, 0.2) is 0 Å². The Morgan fingerprint density at radius 2 is 1.62 bits per heavy atom. The fourth-order valence-corrected chi connectivity index (χ4v) is 4.13. The maximum absolute atomic E-state index is 14.3. The second-order valence-corrected chi connectivity index (χ2v) is 9.95. The van der Waals surface area contributed by atoms with Gasteiger partial charge in [0, 0.05) is 24.2 Å². The molecule has 1 amide bonds. The van der Waals surface area contributed by atoms with Gasteiger partial charge in [0.2, 0.25) is 5.88 Å². The molecule has 0 radical (unpaired) electrons. The summed E-state index contributed by atoms with van der Waals surface area (Å²) in [7, 11) is 1.57. The summed E-state index contributed by atoms with van der Waals surface area (Å²) in [5.74, 6) is -0.151. The van der Waals surface area contributed by atoms with Crippen LogP contribution in [0.2, 0.25) is 5.02 Å². The van der Waals surface area contributed by atoms with Crippen LogP contribution in [0.15, 0.2) is 54.6 Å². The van der Waals surface area contributed by atoms with E-state index in [1.165, 1.54) is 11.8 Å². The third kappa shape index (κ3) is 5.95. The fraction of sp³-hybridized carbons (Fsp3) is 0.346. The largest absolute Gasteiger partial charge is 0.431 e. The van der Waals surface area contributed by atoms with Crippen molar-refractivity contribution in [2.24, 2.45) is 5.41 Å². The first-order valence-corrected chi connectivity index (χ1v) is 11.2. The van der Waals surface area contributed by atoms with Gasteiger partial charge in [-0.3, -0.25) is 0 Å². The van der Waals surface area contributed by atoms with Gasteiger partial charge in [0.1, 0.15) is 5.69 Å². The van der Waals surface area contributed by atoms with Crippen molar-refractivity contribution < 1.29 is 22.7 Å². The molecule has 0 saturated heterocycles. The minimum Gasteiger partial charge on any atom is -0.392 e. The first-order valence-electron chi connectivity index (χ1n) is 10.8. The van der Waals surface area contributed by atoms with E-state index in [4.69, 9.17) is 16.3 Å². The average Bonchev–Trinajstić information content (AvgIpc) is 2.99. The Kier molecular flexibility index (Phi) is 7.36. The molecule has 182 valence electrons. The number of benzene rings is 2. The monoisotopic (exact) mass is 492 g/mol. The summed E-state index contributed by atoms with van der Waals surface area (Å²) in [5.41, 5.74) is 0.227. The van der Waals surface area contributed by atoms with E-state index in [9.17, 15) is 18.0 Å². The molecule has 0 aliphatic rings. The Morgan fingerprint density at radius 1 is 1.03 bits per heavy atom. The van der Waals surface area contributed by atoms with Crippen LogP contribution >= 0.6 is 11.6 Å². The molecule has 0 saturated carbocycles. The number of ether oxygens (including phenoxy) is 1. The van der Waals surface area contributed by atoms with Crippen LogP contribution in [0, 0.1) is 12.3 Å². The summed E-state index contributed by atoms with van der Waals surface area (Å²) < 4.78 is 49.7. The predicted octanol–water partition coefficient (Wildman–Crippen LogP) is 7.66. The lowest BCUT2D eigenvalue weighted by Crippen LogP contribution is -2.36. The molecule has 0 aliphatic carbocycles. The molecule has 8 heteroatoms. The van der Waals surface area contributed by atoms with Gasteiger partial charge in [-0.05, 0) is 41.2 Å². The number of carbonyl (C=O) groups excluding carboxylic acids is 1. The second kappa shape index (κ2) is 9.74. The summed E-state index contributed by atoms with van der Waals surface area (Å²) in [6.45, 7) is 7.52. The molecule has 0 aliphatic heterocycles. The molecule has 0 bridgehead atoms. The lowest BCUT2D eigenvalue weighted by Gasteiger charge is -2.26. The van der Waals surface area contributed by atoms with Crippen molar-refractivity contribution in [2.45, 2.75) is 40.4 Å². The lowest BCUT2D eigenvalue weighted by atomic mass is 9.96. The van der Waals surface area contributed by atoms with E-state index in [0.717, 1.165) is 4.57 Å². The Balaban J connectivity index is 2.21. The molecule has 1 heterocycles. The molecule has 0 atom stereocenters. The zero-order valence-electron chi connectivity index (χ0n) is 19.8. The van der Waals surface area contributed by atoms with Gasteiger partial charge >= 0.3 is 12.3 Å². The van der Waals surface area contributed by atoms with Crippen molar-refractivity contribution in [3.8, 4) is 17.0 Å². The number of hydrogen-bond acceptors (Lipinski definition) is 2. The van der Waals surface area contributed by atoms with E-state index < -0.39 is 18.0 Å². The molecule has 3 rings (SSSR count). The number of hydrogen-bond donors (Lipinski definition) is 0. The number of carbonyl (C=O) groups is 1. The molecular weight excluding hydrogens is 465 g/mol. The average molecular weight is 493 g/mol. The number of aromatic nitrogens is 1. The van der Waals surface area contributed by atoms with Crippen LogP contribution in [0.3, 0.4) is 0 Å². The Morgan fingerprint density at radius 3 is 2.15 bits per heavy atom. The SMILES string of the molecule is Cc1c(-c2ccc(Cl)cc2)c(OC(=O)N(C)CC(C)(C)C)n(Cc2ccccc2)c1C(F)(F)F. The number of rotatable bonds is 5. The topological polar surface area (TPSA) is 34.5 Å². The molecule has 0 spiro atoms. The van der Waals surface area contributed by atoms with E-state index >= 15 is 0 Å². The molecule has 34 heavy (non-hydrogen) atoms. The highest BCUT2D eigenvalue weighted by Crippen LogP contribution is 2.45. The van der Waals surface area contributed by atoms with Crippen molar-refractivity contribution in [3.05, 3.63) is 76.4 Å². The highest BCUT2D eigenvalue weighted by molar-refractivity contribution is 6.30. The minimum absolute atomic E-state index is 0.0213. The molecule has 1 aromatic heterocycles. The smallest absolute Gasteiger partial charge is 0.392 e. The van der Waals surface area contributed by atoms with Crippen LogP contribution in [-0.4, -0.2) is 29.2 Å². The lowest BCUT2D eigenvalue weighted by molar-refractivity contribution is -0.144. The zero-order chi connectivity index (χ0) is 25.3. The molecular formula is C26H28ClF3N2O2. The predicted molar refractivity (Wildman–Crippen MR) is 128 cm³/mol. The number of amides is 1. The van der Waals surface area contributed by atoms with Crippen LogP contribution in [-0.2, 0) is 12.7 Å². The Labute approximate surface area is 202 Å². The van der Waals surface area contributed by atoms with Gasteiger partial charge in [-0.25, -0.2) is 4.79 Å². The highest BCUT2D eigenvalue weighted by atomic mass is 35.5. The summed E-state index contributed by atoms with van der Waals surface area (Å²) in [4.78, 5) is 14.4. The van der Waals surface area contributed by atoms with Gasteiger partial charge in [-0.1, -0.05) is 74.8 Å². The van der Waals surface area contributed by atoms with Gasteiger partial charge < -0.3 is 14.2 Å². The Bertz CT molecular complexity index is 1150. The molecule has 0 N–H and O–H groups in total. The van der Waals surface area contributed by atoms with Crippen LogP contribution in [0.4, 0.5) is 18.0 Å². The van der Waals surface area contributed by atoms with E-state index in [1.807, 2.05) is 20.8 Å². The summed E-state index contributed by atoms with van der Waals surface area (Å²) >= 11 is 6.01. The second-order valence-electron chi connectivity index (χ2n) is 9.51. The van der Waals surface area contributed by atoms with Crippen LogP contribution < -0.4 is 4.74 Å². The van der Waals surface area contributed by atoms with E-state index in [2.05, 4.69) is 0 Å². The quantitative estimate of drug-likeness (QED) is 0.366. The number of halogens is 4. The van der Waals surface area contributed by atoms with Crippen molar-refractivity contribution in [2.75, 3.05) is 13.6 Å². The van der Waals surface area contributed by atoms with Crippen molar-refractivity contribution in [3.63, 3.8) is 0 Å². The van der Waals surface area contributed by atoms with E-state index in [0.29, 0.717) is 22.7 Å². The molecule has 2 aromatic carbocycles. The van der Waals surface area contributed by atoms with E-state index in [1.54, 1.807) is 61.6 Å². The maximum Gasteiger partial charge on any atom is 0.431 e. The first kappa shape index (κ1) is 25.7. The summed E-state index contributed by atoms with van der Waals surface area (Å²) in [5, 5.41) is 0.449. The summed E-state index contributed by atoms with van der Waals surface area (Å²) in [6.07, 6.45) is -5.40.